The van der Waals surface area contributed by atoms with Gasteiger partial charge in [-0.15, -0.1) is 0 Å². The molecule has 0 aliphatic heterocycles. The smallest absolute Gasteiger partial charge is 0.00153 e. The van der Waals surface area contributed by atoms with E-state index in [4.69, 9.17) is 0 Å². The zero-order valence-electron chi connectivity index (χ0n) is 14.9. The highest BCUT2D eigenvalue weighted by Gasteiger charge is 2.52. The molecule has 1 saturated carbocycles. The number of rotatable bonds is 3. The van der Waals surface area contributed by atoms with Crippen LogP contribution in [0.2, 0.25) is 0 Å². The maximum Gasteiger partial charge on any atom is -0.00153 e. The molecule has 0 heterocycles. The van der Waals surface area contributed by atoms with Crippen LogP contribution in [0.3, 0.4) is 0 Å². The number of hydrogen-bond donors (Lipinski definition) is 0. The molecule has 0 amide bonds. The van der Waals surface area contributed by atoms with Gasteiger partial charge in [0.25, 0.3) is 0 Å². The van der Waals surface area contributed by atoms with Crippen molar-refractivity contribution in [3.63, 3.8) is 0 Å². The van der Waals surface area contributed by atoms with Crippen LogP contribution in [-0.4, -0.2) is 0 Å². The third kappa shape index (κ3) is 2.86. The standard InChI is InChI=1S/C24H26/c1-16-4-10-19(11-5-16)22-23(20-12-6-17(2)7-13-20)24(22)21-14-8-18(3)9-15-21/h4-8,10-14,22-24H,9,15H2,1-3H3. The van der Waals surface area contributed by atoms with Gasteiger partial charge in [-0.25, -0.2) is 0 Å². The van der Waals surface area contributed by atoms with Crippen LogP contribution in [0.4, 0.5) is 0 Å². The van der Waals surface area contributed by atoms with Gasteiger partial charge in [0.2, 0.25) is 0 Å². The molecule has 2 atom stereocenters. The summed E-state index contributed by atoms with van der Waals surface area (Å²) in [5.74, 6) is 1.97. The highest BCUT2D eigenvalue weighted by molar-refractivity contribution is 5.46. The third-order valence-electron chi connectivity index (χ3n) is 5.76. The van der Waals surface area contributed by atoms with Gasteiger partial charge < -0.3 is 0 Å². The summed E-state index contributed by atoms with van der Waals surface area (Å²) in [6.45, 7) is 6.58. The molecule has 0 heteroatoms. The van der Waals surface area contributed by atoms with E-state index in [0.717, 1.165) is 0 Å². The van der Waals surface area contributed by atoms with Crippen molar-refractivity contribution in [2.24, 2.45) is 5.92 Å². The number of aryl methyl sites for hydroxylation is 2. The van der Waals surface area contributed by atoms with Crippen LogP contribution in [-0.2, 0) is 0 Å². The van der Waals surface area contributed by atoms with Gasteiger partial charge in [-0.1, -0.05) is 83.0 Å². The average Bonchev–Trinajstić information content (AvgIpc) is 3.32. The maximum atomic E-state index is 2.40. The van der Waals surface area contributed by atoms with Crippen molar-refractivity contribution in [2.75, 3.05) is 0 Å². The number of allylic oxidation sites excluding steroid dienone is 4. The molecule has 24 heavy (non-hydrogen) atoms. The molecular weight excluding hydrogens is 288 g/mol. The summed E-state index contributed by atoms with van der Waals surface area (Å²) in [5.41, 5.74) is 8.86. The van der Waals surface area contributed by atoms with Gasteiger partial charge in [-0.3, -0.25) is 0 Å². The fourth-order valence-electron chi connectivity index (χ4n) is 4.21. The molecule has 2 aromatic carbocycles. The Hall–Kier alpha value is -2.08. The van der Waals surface area contributed by atoms with Crippen LogP contribution in [0.15, 0.2) is 71.8 Å². The van der Waals surface area contributed by atoms with E-state index in [0.29, 0.717) is 17.8 Å². The van der Waals surface area contributed by atoms with Gasteiger partial charge in [0.15, 0.2) is 0 Å². The molecule has 0 radical (unpaired) electrons. The van der Waals surface area contributed by atoms with Crippen LogP contribution in [0.1, 0.15) is 53.9 Å². The minimum absolute atomic E-state index is 0.645. The summed E-state index contributed by atoms with van der Waals surface area (Å²) in [6.07, 6.45) is 7.19. The predicted molar refractivity (Wildman–Crippen MR) is 102 cm³/mol. The molecule has 0 bridgehead atoms. The Kier molecular flexibility index (Phi) is 3.92. The van der Waals surface area contributed by atoms with E-state index in [1.54, 1.807) is 5.57 Å². The first-order valence-corrected chi connectivity index (χ1v) is 9.13. The summed E-state index contributed by atoms with van der Waals surface area (Å²) >= 11 is 0. The van der Waals surface area contributed by atoms with E-state index in [1.165, 1.54) is 40.7 Å². The summed E-state index contributed by atoms with van der Waals surface area (Å²) in [7, 11) is 0. The van der Waals surface area contributed by atoms with Gasteiger partial charge in [0, 0.05) is 0 Å². The Labute approximate surface area is 145 Å². The van der Waals surface area contributed by atoms with Crippen molar-refractivity contribution in [1.29, 1.82) is 0 Å². The van der Waals surface area contributed by atoms with Gasteiger partial charge in [-0.05, 0) is 62.5 Å². The normalized spacial score (nSPS) is 25.9. The van der Waals surface area contributed by atoms with Gasteiger partial charge in [0.1, 0.15) is 0 Å². The number of benzene rings is 2. The van der Waals surface area contributed by atoms with E-state index < -0.39 is 0 Å². The lowest BCUT2D eigenvalue weighted by molar-refractivity contribution is 0.792. The fraction of sp³-hybridized carbons (Fsp3) is 0.333. The number of hydrogen-bond acceptors (Lipinski definition) is 0. The maximum absolute atomic E-state index is 2.40. The van der Waals surface area contributed by atoms with Crippen LogP contribution in [0, 0.1) is 19.8 Å². The first-order valence-electron chi connectivity index (χ1n) is 9.13. The van der Waals surface area contributed by atoms with Crippen LogP contribution < -0.4 is 0 Å². The molecule has 0 saturated heterocycles. The summed E-state index contributed by atoms with van der Waals surface area (Å²) in [6, 6.07) is 18.4. The Morgan fingerprint density at radius 2 is 1.08 bits per heavy atom. The Balaban J connectivity index is 1.69. The molecule has 4 rings (SSSR count). The van der Waals surface area contributed by atoms with Crippen molar-refractivity contribution in [2.45, 2.75) is 45.4 Å². The molecule has 0 aromatic heterocycles. The summed E-state index contributed by atoms with van der Waals surface area (Å²) in [5, 5.41) is 0. The molecule has 0 spiro atoms. The molecule has 0 N–H and O–H groups in total. The van der Waals surface area contributed by atoms with E-state index in [2.05, 4.69) is 81.5 Å². The van der Waals surface area contributed by atoms with E-state index in [1.807, 2.05) is 0 Å². The first kappa shape index (κ1) is 15.4. The molecule has 2 aliphatic carbocycles. The van der Waals surface area contributed by atoms with Crippen LogP contribution in [0.25, 0.3) is 0 Å². The van der Waals surface area contributed by atoms with E-state index in [9.17, 15) is 0 Å². The Morgan fingerprint density at radius 3 is 1.50 bits per heavy atom. The quantitative estimate of drug-likeness (QED) is 0.609. The highest BCUT2D eigenvalue weighted by atomic mass is 14.6. The van der Waals surface area contributed by atoms with Crippen LogP contribution in [0.5, 0.6) is 0 Å². The topological polar surface area (TPSA) is 0 Å². The van der Waals surface area contributed by atoms with E-state index >= 15 is 0 Å². The Bertz CT molecular complexity index is 735. The van der Waals surface area contributed by atoms with Crippen molar-refractivity contribution in [3.8, 4) is 0 Å². The summed E-state index contributed by atoms with van der Waals surface area (Å²) in [4.78, 5) is 0. The second-order valence-electron chi connectivity index (χ2n) is 7.65. The summed E-state index contributed by atoms with van der Waals surface area (Å²) < 4.78 is 0. The minimum Gasteiger partial charge on any atom is -0.0730 e. The largest absolute Gasteiger partial charge is 0.0730 e. The molecule has 2 unspecified atom stereocenters. The lowest BCUT2D eigenvalue weighted by Gasteiger charge is -2.12. The average molecular weight is 314 g/mol. The lowest BCUT2D eigenvalue weighted by Crippen LogP contribution is -1.96. The molecular formula is C24H26. The monoisotopic (exact) mass is 314 g/mol. The van der Waals surface area contributed by atoms with Gasteiger partial charge >= 0.3 is 0 Å². The molecule has 0 nitrogen and oxygen atoms in total. The van der Waals surface area contributed by atoms with Crippen molar-refractivity contribution >= 4 is 0 Å². The van der Waals surface area contributed by atoms with Gasteiger partial charge in [0.05, 0.1) is 0 Å². The third-order valence-corrected chi connectivity index (χ3v) is 5.76. The van der Waals surface area contributed by atoms with Crippen molar-refractivity contribution < 1.29 is 0 Å². The molecule has 1 fully saturated rings. The zero-order chi connectivity index (χ0) is 16.7. The van der Waals surface area contributed by atoms with Crippen molar-refractivity contribution in [1.82, 2.24) is 0 Å². The minimum atomic E-state index is 0.645. The predicted octanol–water partition coefficient (Wildman–Crippen LogP) is 6.47. The molecule has 122 valence electrons. The van der Waals surface area contributed by atoms with E-state index in [-0.39, 0.29) is 0 Å². The SMILES string of the molecule is CC1=CC=C(C2C(c3ccc(C)cc3)C2c2ccc(C)cc2)CC1. The fourth-order valence-corrected chi connectivity index (χ4v) is 4.21. The second kappa shape index (κ2) is 6.09. The Morgan fingerprint density at radius 1 is 0.583 bits per heavy atom. The van der Waals surface area contributed by atoms with Crippen molar-refractivity contribution in [3.05, 3.63) is 94.1 Å². The molecule has 2 aromatic rings. The zero-order valence-corrected chi connectivity index (χ0v) is 14.9. The second-order valence-corrected chi connectivity index (χ2v) is 7.65. The highest BCUT2D eigenvalue weighted by Crippen LogP contribution is 2.64. The molecule has 2 aliphatic rings. The lowest BCUT2D eigenvalue weighted by atomic mass is 9.93. The van der Waals surface area contributed by atoms with Crippen LogP contribution >= 0.6 is 0 Å². The van der Waals surface area contributed by atoms with Gasteiger partial charge in [-0.2, -0.15) is 0 Å². The first-order chi connectivity index (χ1) is 11.6.